The van der Waals surface area contributed by atoms with Gasteiger partial charge in [0.1, 0.15) is 5.75 Å². The molecule has 0 aliphatic carbocycles. The molecule has 2 aromatic carbocycles. The molecule has 2 rings (SSSR count). The van der Waals surface area contributed by atoms with Gasteiger partial charge in [-0.05, 0) is 36.4 Å². The summed E-state index contributed by atoms with van der Waals surface area (Å²) in [4.78, 5) is 10.5. The van der Waals surface area contributed by atoms with Crippen LogP contribution in [0.15, 0.2) is 48.5 Å². The molecule has 0 aliphatic rings. The number of rotatable bonds is 2. The van der Waals surface area contributed by atoms with E-state index >= 15 is 0 Å². The molecule has 4 N–H and O–H groups in total. The average Bonchev–Trinajstić information content (AvgIpc) is 2.40. The maximum absolute atomic E-state index is 10.5. The van der Waals surface area contributed by atoms with E-state index in [1.165, 1.54) is 0 Å². The second kappa shape index (κ2) is 7.18. The molecule has 0 aliphatic heterocycles. The molecule has 0 radical (unpaired) electrons. The van der Waals surface area contributed by atoms with Crippen molar-refractivity contribution in [3.8, 4) is 5.75 Å². The van der Waals surface area contributed by atoms with E-state index < -0.39 is 5.91 Å². The molecular formula is C14H13ClN2O2. The van der Waals surface area contributed by atoms with Crippen molar-refractivity contribution in [3.63, 3.8) is 0 Å². The largest absolute Gasteiger partial charge is 0.507 e. The van der Waals surface area contributed by atoms with Crippen molar-refractivity contribution in [1.29, 1.82) is 5.41 Å². The molecule has 19 heavy (non-hydrogen) atoms. The van der Waals surface area contributed by atoms with Gasteiger partial charge in [-0.2, -0.15) is 0 Å². The van der Waals surface area contributed by atoms with E-state index in [4.69, 9.17) is 27.9 Å². The number of nitrogens with one attached hydrogen (secondary N) is 1. The van der Waals surface area contributed by atoms with E-state index in [0.717, 1.165) is 6.21 Å². The molecule has 98 valence electrons. The molecular weight excluding hydrogens is 264 g/mol. The van der Waals surface area contributed by atoms with Crippen molar-refractivity contribution in [2.24, 2.45) is 5.73 Å². The van der Waals surface area contributed by atoms with Gasteiger partial charge in [-0.1, -0.05) is 23.7 Å². The zero-order chi connectivity index (χ0) is 14.3. The number of amides is 1. The van der Waals surface area contributed by atoms with Crippen molar-refractivity contribution < 1.29 is 9.90 Å². The first-order valence-corrected chi connectivity index (χ1v) is 5.76. The minimum atomic E-state index is -0.434. The Kier molecular flexibility index (Phi) is 5.57. The van der Waals surface area contributed by atoms with Crippen LogP contribution < -0.4 is 5.73 Å². The Morgan fingerprint density at radius 2 is 1.74 bits per heavy atom. The molecule has 0 bridgehead atoms. The summed E-state index contributed by atoms with van der Waals surface area (Å²) in [7, 11) is 0. The Bertz CT molecular complexity index is 568. The predicted octanol–water partition coefficient (Wildman–Crippen LogP) is 2.83. The van der Waals surface area contributed by atoms with Gasteiger partial charge in [0.25, 0.3) is 0 Å². The van der Waals surface area contributed by atoms with Crippen molar-refractivity contribution in [2.45, 2.75) is 0 Å². The fourth-order valence-corrected chi connectivity index (χ4v) is 1.35. The number of phenols is 1. The average molecular weight is 277 g/mol. The second-order valence-electron chi connectivity index (χ2n) is 3.57. The van der Waals surface area contributed by atoms with Crippen LogP contribution in [-0.2, 0) is 0 Å². The second-order valence-corrected chi connectivity index (χ2v) is 4.01. The number of hydrogen-bond donors (Lipinski definition) is 3. The maximum Gasteiger partial charge on any atom is 0.248 e. The Morgan fingerprint density at radius 3 is 2.16 bits per heavy atom. The SMILES string of the molecule is N=Cc1ccccc1O.NC(=O)c1ccc(Cl)cc1. The number of carbonyl (C=O) groups excluding carboxylic acids is 1. The number of carbonyl (C=O) groups is 1. The van der Waals surface area contributed by atoms with E-state index in [2.05, 4.69) is 0 Å². The lowest BCUT2D eigenvalue weighted by Gasteiger charge is -1.92. The van der Waals surface area contributed by atoms with Crippen molar-refractivity contribution >= 4 is 23.7 Å². The van der Waals surface area contributed by atoms with Gasteiger partial charge >= 0.3 is 0 Å². The summed E-state index contributed by atoms with van der Waals surface area (Å²) in [5.74, 6) is -0.274. The van der Waals surface area contributed by atoms with Crippen LogP contribution in [0.5, 0.6) is 5.75 Å². The summed E-state index contributed by atoms with van der Waals surface area (Å²) >= 11 is 5.56. The van der Waals surface area contributed by atoms with Gasteiger partial charge in [0.05, 0.1) is 0 Å². The maximum atomic E-state index is 10.5. The third-order valence-corrected chi connectivity index (χ3v) is 2.47. The Hall–Kier alpha value is -2.33. The first kappa shape index (κ1) is 14.7. The van der Waals surface area contributed by atoms with Gasteiger partial charge in [0.15, 0.2) is 0 Å². The number of para-hydroxylation sites is 1. The monoisotopic (exact) mass is 276 g/mol. The third-order valence-electron chi connectivity index (χ3n) is 2.22. The van der Waals surface area contributed by atoms with E-state index in [-0.39, 0.29) is 5.75 Å². The Balaban J connectivity index is 0.000000191. The minimum absolute atomic E-state index is 0.160. The predicted molar refractivity (Wildman–Crippen MR) is 76.0 cm³/mol. The van der Waals surface area contributed by atoms with Gasteiger partial charge in [-0.3, -0.25) is 4.79 Å². The summed E-state index contributed by atoms with van der Waals surface area (Å²) in [6, 6.07) is 13.2. The number of phenolic OH excluding ortho intramolecular Hbond substituents is 1. The van der Waals surface area contributed by atoms with E-state index in [1.807, 2.05) is 0 Å². The molecule has 0 unspecified atom stereocenters. The zero-order valence-corrected chi connectivity index (χ0v) is 10.8. The molecule has 4 nitrogen and oxygen atoms in total. The normalized spacial score (nSPS) is 9.11. The summed E-state index contributed by atoms with van der Waals surface area (Å²) in [5.41, 5.74) is 6.01. The standard InChI is InChI=1S/C7H6ClNO.C7H7NO/c8-6-3-1-5(2-4-6)7(9)10;8-5-6-3-1-2-4-7(6)9/h1-4H,(H2,9,10);1-5,8-9H. The van der Waals surface area contributed by atoms with Gasteiger partial charge in [0, 0.05) is 22.4 Å². The van der Waals surface area contributed by atoms with Gasteiger partial charge in [0.2, 0.25) is 5.91 Å². The number of nitrogens with two attached hydrogens (primary N) is 1. The van der Waals surface area contributed by atoms with Gasteiger partial charge in [-0.15, -0.1) is 0 Å². The molecule has 0 fully saturated rings. The molecule has 0 heterocycles. The number of benzene rings is 2. The first-order valence-electron chi connectivity index (χ1n) is 5.38. The topological polar surface area (TPSA) is 87.2 Å². The van der Waals surface area contributed by atoms with Crippen LogP contribution in [0.2, 0.25) is 5.02 Å². The van der Waals surface area contributed by atoms with Crippen molar-refractivity contribution in [1.82, 2.24) is 0 Å². The molecule has 0 aromatic heterocycles. The molecule has 0 atom stereocenters. The lowest BCUT2D eigenvalue weighted by Crippen LogP contribution is -2.10. The Morgan fingerprint density at radius 1 is 1.16 bits per heavy atom. The highest BCUT2D eigenvalue weighted by molar-refractivity contribution is 6.30. The summed E-state index contributed by atoms with van der Waals surface area (Å²) in [6.45, 7) is 0. The third kappa shape index (κ3) is 4.81. The fourth-order valence-electron chi connectivity index (χ4n) is 1.22. The zero-order valence-electron chi connectivity index (χ0n) is 10.0. The Labute approximate surface area is 116 Å². The molecule has 0 saturated carbocycles. The van der Waals surface area contributed by atoms with Crippen LogP contribution in [0.3, 0.4) is 0 Å². The summed E-state index contributed by atoms with van der Waals surface area (Å²) < 4.78 is 0. The van der Waals surface area contributed by atoms with Crippen LogP contribution in [0.4, 0.5) is 0 Å². The minimum Gasteiger partial charge on any atom is -0.507 e. The van der Waals surface area contributed by atoms with E-state index in [0.29, 0.717) is 16.1 Å². The van der Waals surface area contributed by atoms with E-state index in [1.54, 1.807) is 48.5 Å². The fraction of sp³-hybridized carbons (Fsp3) is 0. The van der Waals surface area contributed by atoms with Crippen molar-refractivity contribution in [2.75, 3.05) is 0 Å². The molecule has 1 amide bonds. The van der Waals surface area contributed by atoms with Crippen LogP contribution in [0.25, 0.3) is 0 Å². The highest BCUT2D eigenvalue weighted by Crippen LogP contribution is 2.11. The number of aromatic hydroxyl groups is 1. The van der Waals surface area contributed by atoms with Gasteiger partial charge in [-0.25, -0.2) is 0 Å². The van der Waals surface area contributed by atoms with Crippen LogP contribution in [-0.4, -0.2) is 17.2 Å². The van der Waals surface area contributed by atoms with Crippen LogP contribution >= 0.6 is 11.6 Å². The summed E-state index contributed by atoms with van der Waals surface area (Å²) in [5, 5.41) is 16.4. The molecule has 0 spiro atoms. The van der Waals surface area contributed by atoms with Crippen LogP contribution in [0, 0.1) is 5.41 Å². The number of halogens is 1. The molecule has 5 heteroatoms. The van der Waals surface area contributed by atoms with Gasteiger partial charge < -0.3 is 16.2 Å². The first-order chi connectivity index (χ1) is 9.04. The van der Waals surface area contributed by atoms with E-state index in [9.17, 15) is 4.79 Å². The quantitative estimate of drug-likeness (QED) is 0.737. The number of hydrogen-bond acceptors (Lipinski definition) is 3. The molecule has 0 saturated heterocycles. The van der Waals surface area contributed by atoms with Crippen molar-refractivity contribution in [3.05, 3.63) is 64.7 Å². The lowest BCUT2D eigenvalue weighted by atomic mass is 10.2. The van der Waals surface area contributed by atoms with Crippen LogP contribution in [0.1, 0.15) is 15.9 Å². The number of primary amides is 1. The smallest absolute Gasteiger partial charge is 0.248 e. The highest BCUT2D eigenvalue weighted by Gasteiger charge is 1.96. The summed E-state index contributed by atoms with van der Waals surface area (Å²) in [6.07, 6.45) is 1.12. The molecule has 2 aromatic rings. The lowest BCUT2D eigenvalue weighted by molar-refractivity contribution is 0.100. The highest BCUT2D eigenvalue weighted by atomic mass is 35.5.